The Morgan fingerprint density at radius 2 is 1.36 bits per heavy atom. The molecule has 25 heavy (non-hydrogen) atoms. The predicted molar refractivity (Wildman–Crippen MR) is 94.1 cm³/mol. The summed E-state index contributed by atoms with van der Waals surface area (Å²) in [7, 11) is 1.58. The Bertz CT molecular complexity index is 853. The van der Waals surface area contributed by atoms with Crippen molar-refractivity contribution in [2.45, 2.75) is 0 Å². The van der Waals surface area contributed by atoms with Gasteiger partial charge in [-0.3, -0.25) is 9.59 Å². The van der Waals surface area contributed by atoms with Gasteiger partial charge in [0.25, 0.3) is 11.8 Å². The van der Waals surface area contributed by atoms with E-state index in [2.05, 4.69) is 10.6 Å². The molecule has 0 aliphatic carbocycles. The third-order valence-corrected chi connectivity index (χ3v) is 3.54. The highest BCUT2D eigenvalue weighted by molar-refractivity contribution is 6.06. The van der Waals surface area contributed by atoms with Gasteiger partial charge in [-0.15, -0.1) is 0 Å². The molecule has 126 valence electrons. The van der Waals surface area contributed by atoms with Gasteiger partial charge >= 0.3 is 0 Å². The molecule has 3 rings (SSSR count). The largest absolute Gasteiger partial charge is 0.497 e. The maximum absolute atomic E-state index is 12.2. The molecule has 0 aliphatic rings. The average molecular weight is 336 g/mol. The van der Waals surface area contributed by atoms with E-state index in [1.54, 1.807) is 61.7 Å². The summed E-state index contributed by atoms with van der Waals surface area (Å²) in [6, 6.07) is 15.3. The van der Waals surface area contributed by atoms with E-state index < -0.39 is 0 Å². The number of amides is 2. The van der Waals surface area contributed by atoms with Gasteiger partial charge < -0.3 is 19.8 Å². The van der Waals surface area contributed by atoms with E-state index in [1.807, 2.05) is 0 Å². The Kier molecular flexibility index (Phi) is 4.80. The second-order valence-corrected chi connectivity index (χ2v) is 5.23. The van der Waals surface area contributed by atoms with Crippen molar-refractivity contribution in [3.63, 3.8) is 0 Å². The first-order valence-corrected chi connectivity index (χ1v) is 7.55. The van der Waals surface area contributed by atoms with Gasteiger partial charge in [0.05, 0.1) is 18.9 Å². The number of furan rings is 1. The molecule has 2 N–H and O–H groups in total. The average Bonchev–Trinajstić information content (AvgIpc) is 3.18. The topological polar surface area (TPSA) is 80.6 Å². The number of hydrogen-bond donors (Lipinski definition) is 2. The molecule has 2 aromatic carbocycles. The third kappa shape index (κ3) is 4.06. The van der Waals surface area contributed by atoms with Crippen LogP contribution in [0.1, 0.15) is 20.7 Å². The quantitative estimate of drug-likeness (QED) is 0.743. The number of benzene rings is 2. The Morgan fingerprint density at radius 3 is 1.88 bits per heavy atom. The van der Waals surface area contributed by atoms with Gasteiger partial charge in [0.15, 0.2) is 0 Å². The second-order valence-electron chi connectivity index (χ2n) is 5.23. The first-order valence-electron chi connectivity index (χ1n) is 7.55. The van der Waals surface area contributed by atoms with Gasteiger partial charge in [0.1, 0.15) is 12.0 Å². The summed E-state index contributed by atoms with van der Waals surface area (Å²) >= 11 is 0. The summed E-state index contributed by atoms with van der Waals surface area (Å²) in [6.07, 6.45) is 2.80. The summed E-state index contributed by atoms with van der Waals surface area (Å²) in [5.74, 6) is 0.206. The molecular formula is C19H16N2O4. The molecule has 0 aliphatic heterocycles. The molecule has 6 nitrogen and oxygen atoms in total. The SMILES string of the molecule is COc1ccc(NC(=O)c2ccc(NC(=O)c3ccoc3)cc2)cc1. The van der Waals surface area contributed by atoms with Crippen LogP contribution in [0, 0.1) is 0 Å². The molecular weight excluding hydrogens is 320 g/mol. The Morgan fingerprint density at radius 1 is 0.800 bits per heavy atom. The minimum Gasteiger partial charge on any atom is -0.497 e. The van der Waals surface area contributed by atoms with Crippen molar-refractivity contribution in [3.8, 4) is 5.75 Å². The Labute approximate surface area is 144 Å². The van der Waals surface area contributed by atoms with Crippen LogP contribution in [0.4, 0.5) is 11.4 Å². The van der Waals surface area contributed by atoms with Crippen LogP contribution < -0.4 is 15.4 Å². The zero-order chi connectivity index (χ0) is 17.6. The molecule has 0 bridgehead atoms. The second kappa shape index (κ2) is 7.35. The normalized spacial score (nSPS) is 10.1. The van der Waals surface area contributed by atoms with Crippen LogP contribution in [0.5, 0.6) is 5.75 Å². The first-order chi connectivity index (χ1) is 12.2. The monoisotopic (exact) mass is 336 g/mol. The van der Waals surface area contributed by atoms with E-state index >= 15 is 0 Å². The zero-order valence-electron chi connectivity index (χ0n) is 13.5. The molecule has 2 amide bonds. The van der Waals surface area contributed by atoms with Gasteiger partial charge in [-0.05, 0) is 54.6 Å². The van der Waals surface area contributed by atoms with Crippen molar-refractivity contribution in [1.82, 2.24) is 0 Å². The first kappa shape index (κ1) is 16.3. The number of anilines is 2. The smallest absolute Gasteiger partial charge is 0.258 e. The fraction of sp³-hybridized carbons (Fsp3) is 0.0526. The van der Waals surface area contributed by atoms with Crippen LogP contribution in [-0.4, -0.2) is 18.9 Å². The minimum atomic E-state index is -0.274. The fourth-order valence-corrected chi connectivity index (χ4v) is 2.18. The molecule has 0 unspecified atom stereocenters. The van der Waals surface area contributed by atoms with Crippen molar-refractivity contribution >= 4 is 23.2 Å². The predicted octanol–water partition coefficient (Wildman–Crippen LogP) is 3.79. The van der Waals surface area contributed by atoms with Crippen LogP contribution in [0.2, 0.25) is 0 Å². The molecule has 6 heteroatoms. The highest BCUT2D eigenvalue weighted by atomic mass is 16.5. The summed E-state index contributed by atoms with van der Waals surface area (Å²) in [4.78, 5) is 24.2. The van der Waals surface area contributed by atoms with Gasteiger partial charge in [-0.2, -0.15) is 0 Å². The van der Waals surface area contributed by atoms with Gasteiger partial charge in [-0.25, -0.2) is 0 Å². The fourth-order valence-electron chi connectivity index (χ4n) is 2.18. The molecule has 0 saturated heterocycles. The summed E-state index contributed by atoms with van der Waals surface area (Å²) < 4.78 is 9.95. The lowest BCUT2D eigenvalue weighted by Gasteiger charge is -2.08. The van der Waals surface area contributed by atoms with E-state index in [0.29, 0.717) is 22.5 Å². The van der Waals surface area contributed by atoms with Crippen LogP contribution in [0.25, 0.3) is 0 Å². The van der Waals surface area contributed by atoms with Crippen LogP contribution >= 0.6 is 0 Å². The van der Waals surface area contributed by atoms with Crippen molar-refractivity contribution < 1.29 is 18.7 Å². The minimum absolute atomic E-state index is 0.238. The number of ether oxygens (including phenoxy) is 1. The van der Waals surface area contributed by atoms with Gasteiger partial charge in [-0.1, -0.05) is 0 Å². The highest BCUT2D eigenvalue weighted by Gasteiger charge is 2.09. The van der Waals surface area contributed by atoms with Crippen molar-refractivity contribution in [3.05, 3.63) is 78.3 Å². The maximum atomic E-state index is 12.2. The van der Waals surface area contributed by atoms with Crippen molar-refractivity contribution in [1.29, 1.82) is 0 Å². The van der Waals surface area contributed by atoms with Gasteiger partial charge in [0.2, 0.25) is 0 Å². The maximum Gasteiger partial charge on any atom is 0.258 e. The summed E-state index contributed by atoms with van der Waals surface area (Å²) in [5.41, 5.74) is 2.17. The number of nitrogens with one attached hydrogen (secondary N) is 2. The zero-order valence-corrected chi connectivity index (χ0v) is 13.5. The number of methoxy groups -OCH3 is 1. The molecule has 0 radical (unpaired) electrons. The van der Waals surface area contributed by atoms with Crippen molar-refractivity contribution in [2.24, 2.45) is 0 Å². The Balaban J connectivity index is 1.62. The number of carbonyl (C=O) groups is 2. The molecule has 0 fully saturated rings. The number of carbonyl (C=O) groups excluding carboxylic acids is 2. The molecule has 1 heterocycles. The van der Waals surface area contributed by atoms with Crippen LogP contribution in [0.3, 0.4) is 0 Å². The van der Waals surface area contributed by atoms with E-state index in [1.165, 1.54) is 12.5 Å². The van der Waals surface area contributed by atoms with E-state index in [9.17, 15) is 9.59 Å². The van der Waals surface area contributed by atoms with Gasteiger partial charge in [0, 0.05) is 16.9 Å². The number of hydrogen-bond acceptors (Lipinski definition) is 4. The van der Waals surface area contributed by atoms with Crippen LogP contribution in [-0.2, 0) is 0 Å². The summed E-state index contributed by atoms with van der Waals surface area (Å²) in [5, 5.41) is 5.53. The third-order valence-electron chi connectivity index (χ3n) is 3.54. The Hall–Kier alpha value is -3.54. The van der Waals surface area contributed by atoms with E-state index in [4.69, 9.17) is 9.15 Å². The highest BCUT2D eigenvalue weighted by Crippen LogP contribution is 2.17. The number of rotatable bonds is 5. The lowest BCUT2D eigenvalue weighted by Crippen LogP contribution is -2.13. The molecule has 1 aromatic heterocycles. The molecule has 0 saturated carbocycles. The molecule has 0 spiro atoms. The van der Waals surface area contributed by atoms with E-state index in [-0.39, 0.29) is 11.8 Å². The standard InChI is InChI=1S/C19H16N2O4/c1-24-17-8-6-16(7-9-17)20-18(22)13-2-4-15(5-3-13)21-19(23)14-10-11-25-12-14/h2-12H,1H3,(H,20,22)(H,21,23). The van der Waals surface area contributed by atoms with Crippen molar-refractivity contribution in [2.75, 3.05) is 17.7 Å². The summed E-state index contributed by atoms with van der Waals surface area (Å²) in [6.45, 7) is 0. The van der Waals surface area contributed by atoms with E-state index in [0.717, 1.165) is 5.75 Å². The lowest BCUT2D eigenvalue weighted by molar-refractivity contribution is 0.101. The molecule has 0 atom stereocenters. The van der Waals surface area contributed by atoms with Crippen LogP contribution in [0.15, 0.2) is 71.5 Å². The lowest BCUT2D eigenvalue weighted by atomic mass is 10.2. The molecule has 3 aromatic rings.